The summed E-state index contributed by atoms with van der Waals surface area (Å²) in [5.74, 6) is 1.96. The van der Waals surface area contributed by atoms with Crippen LogP contribution in [0, 0.1) is 0 Å². The monoisotopic (exact) mass is 723 g/mol. The topological polar surface area (TPSA) is 38.7 Å². The minimum absolute atomic E-state index is 0.379. The zero-order chi connectivity index (χ0) is 37.5. The van der Waals surface area contributed by atoms with Crippen molar-refractivity contribution in [2.45, 2.75) is 5.41 Å². The van der Waals surface area contributed by atoms with Crippen molar-refractivity contribution in [3.8, 4) is 67.5 Å². The van der Waals surface area contributed by atoms with Crippen LogP contribution in [-0.2, 0) is 5.41 Å². The normalized spacial score (nSPS) is 13.1. The first-order valence-electron chi connectivity index (χ1n) is 19.5. The van der Waals surface area contributed by atoms with E-state index in [1.165, 1.54) is 50.1 Å². The average Bonchev–Trinajstić information content (AvgIpc) is 3.76. The van der Waals surface area contributed by atoms with Gasteiger partial charge in [-0.2, -0.15) is 0 Å². The minimum atomic E-state index is -0.379. The van der Waals surface area contributed by atoms with Gasteiger partial charge in [0.25, 0.3) is 0 Å². The third kappa shape index (κ3) is 4.63. The van der Waals surface area contributed by atoms with Crippen LogP contribution in [0.4, 0.5) is 0 Å². The van der Waals surface area contributed by atoms with Gasteiger partial charge in [-0.25, -0.2) is 15.0 Å². The molecular weight excluding hydrogens is 691 g/mol. The van der Waals surface area contributed by atoms with Crippen molar-refractivity contribution in [2.75, 3.05) is 0 Å². The van der Waals surface area contributed by atoms with Gasteiger partial charge < -0.3 is 0 Å². The lowest BCUT2D eigenvalue weighted by atomic mass is 9.70. The second-order valence-corrected chi connectivity index (χ2v) is 15.1. The third-order valence-corrected chi connectivity index (χ3v) is 12.2. The van der Waals surface area contributed by atoms with Gasteiger partial charge in [0.2, 0.25) is 0 Å². The summed E-state index contributed by atoms with van der Waals surface area (Å²) < 4.78 is 0. The number of nitrogens with zero attached hydrogens (tertiary/aromatic N) is 3. The zero-order valence-corrected chi connectivity index (χ0v) is 30.9. The molecule has 0 amide bonds. The number of hydrogen-bond acceptors (Lipinski definition) is 3. The molecule has 1 spiro atoms. The molecular formula is C54H33N3. The molecule has 0 radical (unpaired) electrons. The predicted molar refractivity (Wildman–Crippen MR) is 233 cm³/mol. The van der Waals surface area contributed by atoms with E-state index in [0.29, 0.717) is 17.5 Å². The second kappa shape index (κ2) is 12.3. The van der Waals surface area contributed by atoms with Crippen molar-refractivity contribution in [1.29, 1.82) is 0 Å². The number of hydrogen-bond donors (Lipinski definition) is 0. The van der Waals surface area contributed by atoms with Gasteiger partial charge in [-0.3, -0.25) is 0 Å². The van der Waals surface area contributed by atoms with Crippen LogP contribution in [0.1, 0.15) is 22.3 Å². The molecule has 264 valence electrons. The fourth-order valence-corrected chi connectivity index (χ4v) is 9.67. The molecule has 0 saturated carbocycles. The van der Waals surface area contributed by atoms with Gasteiger partial charge in [0, 0.05) is 16.7 Å². The molecule has 3 nitrogen and oxygen atoms in total. The van der Waals surface area contributed by atoms with Crippen molar-refractivity contribution in [3.05, 3.63) is 222 Å². The number of rotatable bonds is 4. The summed E-state index contributed by atoms with van der Waals surface area (Å²) in [5.41, 5.74) is 15.5. The Labute approximate surface area is 330 Å². The van der Waals surface area contributed by atoms with Crippen LogP contribution in [0.2, 0.25) is 0 Å². The van der Waals surface area contributed by atoms with Crippen LogP contribution in [0.15, 0.2) is 200 Å². The lowest BCUT2D eigenvalue weighted by molar-refractivity contribution is 0.794. The Hall–Kier alpha value is -7.49. The Morgan fingerprint density at radius 1 is 0.263 bits per heavy atom. The summed E-state index contributed by atoms with van der Waals surface area (Å²) in [4.78, 5) is 15.5. The summed E-state index contributed by atoms with van der Waals surface area (Å²) >= 11 is 0. The Balaban J connectivity index is 1.01. The van der Waals surface area contributed by atoms with Gasteiger partial charge in [0.15, 0.2) is 17.5 Å². The highest BCUT2D eigenvalue weighted by atomic mass is 15.0. The van der Waals surface area contributed by atoms with Crippen molar-refractivity contribution in [3.63, 3.8) is 0 Å². The first-order chi connectivity index (χ1) is 28.3. The molecule has 1 aromatic heterocycles. The molecule has 2 aliphatic carbocycles. The molecule has 0 N–H and O–H groups in total. The molecule has 0 atom stereocenters. The van der Waals surface area contributed by atoms with E-state index in [2.05, 4.69) is 200 Å². The maximum absolute atomic E-state index is 5.17. The van der Waals surface area contributed by atoms with Crippen LogP contribution in [0.3, 0.4) is 0 Å². The highest BCUT2D eigenvalue weighted by molar-refractivity contribution is 5.98. The van der Waals surface area contributed by atoms with Crippen LogP contribution in [0.25, 0.3) is 89.1 Å². The fraction of sp³-hybridized carbons (Fsp3) is 0.0185. The molecule has 0 fully saturated rings. The molecule has 57 heavy (non-hydrogen) atoms. The van der Waals surface area contributed by atoms with E-state index in [0.717, 1.165) is 43.8 Å². The number of fused-ring (bicyclic) bond motifs is 12. The molecule has 0 saturated heterocycles. The molecule has 9 aromatic carbocycles. The van der Waals surface area contributed by atoms with Gasteiger partial charge in [0.1, 0.15) is 0 Å². The van der Waals surface area contributed by atoms with E-state index < -0.39 is 0 Å². The van der Waals surface area contributed by atoms with E-state index >= 15 is 0 Å². The van der Waals surface area contributed by atoms with E-state index in [-0.39, 0.29) is 5.41 Å². The number of aromatic nitrogens is 3. The largest absolute Gasteiger partial charge is 0.208 e. The number of benzene rings is 9. The molecule has 0 unspecified atom stereocenters. The van der Waals surface area contributed by atoms with Crippen molar-refractivity contribution in [1.82, 2.24) is 15.0 Å². The zero-order valence-electron chi connectivity index (χ0n) is 30.9. The summed E-state index contributed by atoms with van der Waals surface area (Å²) in [6, 6.07) is 72.1. The Kier molecular flexibility index (Phi) is 6.84. The second-order valence-electron chi connectivity index (χ2n) is 15.1. The third-order valence-electron chi connectivity index (χ3n) is 12.2. The van der Waals surface area contributed by atoms with E-state index in [1.54, 1.807) is 0 Å². The maximum atomic E-state index is 5.17. The van der Waals surface area contributed by atoms with Crippen LogP contribution in [-0.4, -0.2) is 15.0 Å². The average molecular weight is 724 g/mol. The Morgan fingerprint density at radius 3 is 1.19 bits per heavy atom. The van der Waals surface area contributed by atoms with Gasteiger partial charge in [-0.1, -0.05) is 194 Å². The van der Waals surface area contributed by atoms with Crippen molar-refractivity contribution < 1.29 is 0 Å². The molecule has 0 bridgehead atoms. The van der Waals surface area contributed by atoms with E-state index in [9.17, 15) is 0 Å². The lowest BCUT2D eigenvalue weighted by Crippen LogP contribution is -2.25. The smallest absolute Gasteiger partial charge is 0.164 e. The van der Waals surface area contributed by atoms with E-state index in [4.69, 9.17) is 15.0 Å². The minimum Gasteiger partial charge on any atom is -0.208 e. The highest BCUT2D eigenvalue weighted by Crippen LogP contribution is 2.63. The van der Waals surface area contributed by atoms with Gasteiger partial charge in [-0.05, 0) is 83.2 Å². The van der Waals surface area contributed by atoms with Crippen molar-refractivity contribution in [2.24, 2.45) is 0 Å². The summed E-state index contributed by atoms with van der Waals surface area (Å²) in [5, 5.41) is 4.52. The molecule has 10 aromatic rings. The quantitative estimate of drug-likeness (QED) is 0.181. The Morgan fingerprint density at radius 2 is 0.649 bits per heavy atom. The molecule has 12 rings (SSSR count). The lowest BCUT2D eigenvalue weighted by Gasteiger charge is -2.30. The molecule has 3 heteroatoms. The Bertz CT molecular complexity index is 3080. The van der Waals surface area contributed by atoms with Gasteiger partial charge in [0.05, 0.1) is 5.41 Å². The predicted octanol–water partition coefficient (Wildman–Crippen LogP) is 13.2. The van der Waals surface area contributed by atoms with Crippen LogP contribution < -0.4 is 0 Å². The van der Waals surface area contributed by atoms with Gasteiger partial charge in [-0.15, -0.1) is 0 Å². The maximum Gasteiger partial charge on any atom is 0.164 e. The first kappa shape index (κ1) is 31.8. The highest BCUT2D eigenvalue weighted by Gasteiger charge is 2.51. The summed E-state index contributed by atoms with van der Waals surface area (Å²) in [7, 11) is 0. The first-order valence-corrected chi connectivity index (χ1v) is 19.5. The van der Waals surface area contributed by atoms with Crippen LogP contribution in [0.5, 0.6) is 0 Å². The standard InChI is InChI=1S/C54H33N3/c1-3-17-39-35(13-1)15-11-22-45(39)52-55-51(56-53(57-52)46-23-12-16-36-14-2-4-18-40(36)46)37-29-27-34(28-30-37)38-31-32-44-43-21-7-10-26-49(43)54(50(44)33-38)47-24-8-5-19-41(47)42-20-6-9-25-48(42)54/h1-33H. The molecule has 1 heterocycles. The van der Waals surface area contributed by atoms with Gasteiger partial charge >= 0.3 is 0 Å². The molecule has 2 aliphatic rings. The van der Waals surface area contributed by atoms with E-state index in [1.807, 2.05) is 0 Å². The van der Waals surface area contributed by atoms with Crippen LogP contribution >= 0.6 is 0 Å². The fourth-order valence-electron chi connectivity index (χ4n) is 9.67. The summed E-state index contributed by atoms with van der Waals surface area (Å²) in [6.07, 6.45) is 0. The SMILES string of the molecule is c1ccc2c(c1)-c1ccccc1C21c2ccccc2-c2ccc(-c3ccc(-c4nc(-c5cccc6ccccc56)nc(-c5cccc6ccccc56)n4)cc3)cc21. The van der Waals surface area contributed by atoms with Crippen molar-refractivity contribution >= 4 is 21.5 Å². The summed E-state index contributed by atoms with van der Waals surface area (Å²) in [6.45, 7) is 0. The molecule has 0 aliphatic heterocycles.